The van der Waals surface area contributed by atoms with Crippen molar-refractivity contribution in [3.63, 3.8) is 0 Å². The highest BCUT2D eigenvalue weighted by molar-refractivity contribution is 5.74. The van der Waals surface area contributed by atoms with E-state index in [4.69, 9.17) is 0 Å². The highest BCUT2D eigenvalue weighted by Crippen LogP contribution is 2.18. The van der Waals surface area contributed by atoms with Crippen molar-refractivity contribution in [3.8, 4) is 0 Å². The van der Waals surface area contributed by atoms with E-state index in [1.54, 1.807) is 0 Å². The fourth-order valence-electron chi connectivity index (χ4n) is 2.88. The molecule has 0 radical (unpaired) electrons. The van der Waals surface area contributed by atoms with Gasteiger partial charge in [0, 0.05) is 38.6 Å². The lowest BCUT2D eigenvalue weighted by Gasteiger charge is -2.32. The molecule has 1 saturated heterocycles. The molecule has 0 saturated carbocycles. The number of nitrogens with one attached hydrogen (secondary N) is 1. The van der Waals surface area contributed by atoms with E-state index in [0.717, 1.165) is 38.0 Å². The van der Waals surface area contributed by atoms with Crippen LogP contribution < -0.4 is 5.32 Å². The van der Waals surface area contributed by atoms with Gasteiger partial charge in [0.1, 0.15) is 0 Å². The molecule has 3 rings (SSSR count). The van der Waals surface area contributed by atoms with Crippen molar-refractivity contribution >= 4 is 6.03 Å². The Hall–Kier alpha value is -2.30. The first kappa shape index (κ1) is 14.6. The van der Waals surface area contributed by atoms with Gasteiger partial charge in [0.25, 0.3) is 0 Å². The molecule has 0 atom stereocenters. The molecule has 0 unspecified atom stereocenters. The van der Waals surface area contributed by atoms with Crippen molar-refractivity contribution in [1.82, 2.24) is 20.0 Å². The molecule has 22 heavy (non-hydrogen) atoms. The van der Waals surface area contributed by atoms with Crippen molar-refractivity contribution < 1.29 is 4.79 Å². The minimum absolute atomic E-state index is 0.0430. The maximum Gasteiger partial charge on any atom is 0.317 e. The van der Waals surface area contributed by atoms with E-state index in [-0.39, 0.29) is 6.03 Å². The first-order valence-corrected chi connectivity index (χ1v) is 7.85. The summed E-state index contributed by atoms with van der Waals surface area (Å²) in [5, 5.41) is 7.25. The van der Waals surface area contributed by atoms with Crippen molar-refractivity contribution in [2.45, 2.75) is 25.9 Å². The van der Waals surface area contributed by atoms with Gasteiger partial charge in [0.15, 0.2) is 0 Å². The summed E-state index contributed by atoms with van der Waals surface area (Å²) < 4.78 is 1.98. The second-order valence-electron chi connectivity index (χ2n) is 5.80. The van der Waals surface area contributed by atoms with Gasteiger partial charge in [-0.25, -0.2) is 4.79 Å². The van der Waals surface area contributed by atoms with Crippen LogP contribution in [0, 0.1) is 5.92 Å². The predicted molar refractivity (Wildman–Crippen MR) is 85.2 cm³/mol. The molecule has 1 fully saturated rings. The van der Waals surface area contributed by atoms with Gasteiger partial charge in [-0.05, 0) is 30.4 Å². The Balaban J connectivity index is 1.42. The van der Waals surface area contributed by atoms with Crippen LogP contribution in [0.25, 0.3) is 0 Å². The van der Waals surface area contributed by atoms with Crippen LogP contribution in [0.4, 0.5) is 4.79 Å². The molecule has 2 amide bonds. The quantitative estimate of drug-likeness (QED) is 0.943. The van der Waals surface area contributed by atoms with Crippen molar-refractivity contribution in [3.05, 3.63) is 54.4 Å². The lowest BCUT2D eigenvalue weighted by molar-refractivity contribution is 0.164. The number of rotatable bonds is 4. The maximum atomic E-state index is 12.2. The summed E-state index contributed by atoms with van der Waals surface area (Å²) in [5.74, 6) is 0.609. The molecule has 5 nitrogen and oxygen atoms in total. The number of likely N-dealkylation sites (tertiary alicyclic amines) is 1. The van der Waals surface area contributed by atoms with Crippen LogP contribution in [0.3, 0.4) is 0 Å². The van der Waals surface area contributed by atoms with E-state index in [9.17, 15) is 4.79 Å². The lowest BCUT2D eigenvalue weighted by atomic mass is 9.97. The van der Waals surface area contributed by atoms with Crippen molar-refractivity contribution in [1.29, 1.82) is 0 Å². The van der Waals surface area contributed by atoms with Crippen LogP contribution in [0.2, 0.25) is 0 Å². The number of amides is 2. The first-order chi connectivity index (χ1) is 10.8. The average Bonchev–Trinajstić information content (AvgIpc) is 3.07. The van der Waals surface area contributed by atoms with Crippen molar-refractivity contribution in [2.24, 2.45) is 5.92 Å². The van der Waals surface area contributed by atoms with Gasteiger partial charge in [0.05, 0.1) is 0 Å². The molecule has 1 aromatic heterocycles. The monoisotopic (exact) mass is 298 g/mol. The largest absolute Gasteiger partial charge is 0.334 e. The summed E-state index contributed by atoms with van der Waals surface area (Å²) in [5.41, 5.74) is 1.13. The molecule has 2 aromatic rings. The lowest BCUT2D eigenvalue weighted by Crippen LogP contribution is -2.44. The smallest absolute Gasteiger partial charge is 0.317 e. The van der Waals surface area contributed by atoms with Crippen molar-refractivity contribution in [2.75, 3.05) is 13.1 Å². The number of piperidine rings is 1. The third kappa shape index (κ3) is 3.87. The van der Waals surface area contributed by atoms with Gasteiger partial charge in [-0.1, -0.05) is 30.3 Å². The van der Waals surface area contributed by atoms with Gasteiger partial charge in [-0.2, -0.15) is 5.10 Å². The summed E-state index contributed by atoms with van der Waals surface area (Å²) in [7, 11) is 0. The third-order valence-corrected chi connectivity index (χ3v) is 4.19. The van der Waals surface area contributed by atoms with E-state index in [0.29, 0.717) is 12.5 Å². The zero-order chi connectivity index (χ0) is 15.2. The van der Waals surface area contributed by atoms with E-state index in [1.165, 1.54) is 0 Å². The molecule has 1 N–H and O–H groups in total. The number of carbonyl (C=O) groups excluding carboxylic acids is 1. The summed E-state index contributed by atoms with van der Waals surface area (Å²) in [4.78, 5) is 14.1. The van der Waals surface area contributed by atoms with Gasteiger partial charge in [0.2, 0.25) is 0 Å². The summed E-state index contributed by atoms with van der Waals surface area (Å²) in [6.45, 7) is 3.19. The Kier molecular flexibility index (Phi) is 4.73. The fraction of sp³-hybridized carbons (Fsp3) is 0.412. The Morgan fingerprint density at radius 1 is 1.18 bits per heavy atom. The van der Waals surface area contributed by atoms with E-state index in [2.05, 4.69) is 10.4 Å². The van der Waals surface area contributed by atoms with Crippen LogP contribution in [-0.4, -0.2) is 33.8 Å². The molecule has 5 heteroatoms. The number of aromatic nitrogens is 2. The normalized spacial score (nSPS) is 15.7. The number of benzene rings is 1. The Morgan fingerprint density at radius 2 is 1.95 bits per heavy atom. The van der Waals surface area contributed by atoms with Crippen LogP contribution in [0.5, 0.6) is 0 Å². The second kappa shape index (κ2) is 7.11. The minimum atomic E-state index is 0.0430. The van der Waals surface area contributed by atoms with E-state index >= 15 is 0 Å². The highest BCUT2D eigenvalue weighted by Gasteiger charge is 2.22. The van der Waals surface area contributed by atoms with Crippen LogP contribution in [0.1, 0.15) is 18.4 Å². The zero-order valence-electron chi connectivity index (χ0n) is 12.7. The molecule has 1 aliphatic rings. The zero-order valence-corrected chi connectivity index (χ0v) is 12.7. The molecule has 116 valence electrons. The highest BCUT2D eigenvalue weighted by atomic mass is 16.2. The number of hydrogen-bond donors (Lipinski definition) is 1. The van der Waals surface area contributed by atoms with Crippen LogP contribution in [0.15, 0.2) is 48.8 Å². The summed E-state index contributed by atoms with van der Waals surface area (Å²) in [6, 6.07) is 12.0. The molecule has 0 aliphatic carbocycles. The van der Waals surface area contributed by atoms with E-state index < -0.39 is 0 Å². The predicted octanol–water partition coefficient (Wildman–Crippen LogP) is 2.50. The molecule has 2 heterocycles. The molecule has 1 aliphatic heterocycles. The van der Waals surface area contributed by atoms with Gasteiger partial charge in [-0.15, -0.1) is 0 Å². The molecule has 0 bridgehead atoms. The van der Waals surface area contributed by atoms with Crippen LogP contribution in [-0.2, 0) is 13.1 Å². The molecule has 0 spiro atoms. The van der Waals surface area contributed by atoms with Gasteiger partial charge >= 0.3 is 6.03 Å². The Labute approximate surface area is 130 Å². The average molecular weight is 298 g/mol. The van der Waals surface area contributed by atoms with Crippen LogP contribution >= 0.6 is 0 Å². The topological polar surface area (TPSA) is 50.2 Å². The summed E-state index contributed by atoms with van der Waals surface area (Å²) in [6.07, 6.45) is 5.89. The van der Waals surface area contributed by atoms with Gasteiger partial charge in [-0.3, -0.25) is 4.68 Å². The molecular weight excluding hydrogens is 276 g/mol. The number of nitrogens with zero attached hydrogens (tertiary/aromatic N) is 3. The second-order valence-corrected chi connectivity index (χ2v) is 5.80. The van der Waals surface area contributed by atoms with E-state index in [1.807, 2.05) is 58.4 Å². The number of carbonyl (C=O) groups is 1. The standard InChI is InChI=1S/C17H22N4O/c22-17(18-13-15-5-2-1-3-6-15)20-11-7-16(8-12-20)14-21-10-4-9-19-21/h1-6,9-10,16H,7-8,11-14H2,(H,18,22). The first-order valence-electron chi connectivity index (χ1n) is 7.85. The Bertz CT molecular complexity index is 574. The SMILES string of the molecule is O=C(NCc1ccccc1)N1CCC(Cn2cccn2)CC1. The van der Waals surface area contributed by atoms with Gasteiger partial charge < -0.3 is 10.2 Å². The molecular formula is C17H22N4O. The minimum Gasteiger partial charge on any atom is -0.334 e. The number of hydrogen-bond acceptors (Lipinski definition) is 2. The number of urea groups is 1. The maximum absolute atomic E-state index is 12.2. The third-order valence-electron chi connectivity index (χ3n) is 4.19. The molecule has 1 aromatic carbocycles. The Morgan fingerprint density at radius 3 is 2.64 bits per heavy atom. The fourth-order valence-corrected chi connectivity index (χ4v) is 2.88. The summed E-state index contributed by atoms with van der Waals surface area (Å²) >= 11 is 0.